The Hall–Kier alpha value is -4.17. The number of nitriles is 1. The summed E-state index contributed by atoms with van der Waals surface area (Å²) >= 11 is 6.92. The number of pyridine rings is 1. The fourth-order valence-corrected chi connectivity index (χ4v) is 7.96. The Balaban J connectivity index is 1.07. The number of hydrogen-bond donors (Lipinski definition) is 2. The van der Waals surface area contributed by atoms with E-state index in [1.807, 2.05) is 12.1 Å². The van der Waals surface area contributed by atoms with Gasteiger partial charge in [-0.3, -0.25) is 9.88 Å². The molecule has 52 heavy (non-hydrogen) atoms. The SMILES string of the molecule is Cc1c(OCCCN2CCC(O)CC2)cccc1-c1cccc2c1CC[C@@H]2Oc1cc(OCc2cncc(C#N)c2)c(CN2CC[C@H](O)C2)cc1Cl. The maximum absolute atomic E-state index is 10.1. The van der Waals surface area contributed by atoms with E-state index in [0.717, 1.165) is 92.7 Å². The minimum atomic E-state index is -0.333. The molecule has 3 aromatic carbocycles. The molecule has 272 valence electrons. The summed E-state index contributed by atoms with van der Waals surface area (Å²) in [6, 6.07) is 20.5. The van der Waals surface area contributed by atoms with Gasteiger partial charge < -0.3 is 29.3 Å². The quantitative estimate of drug-likeness (QED) is 0.141. The van der Waals surface area contributed by atoms with Crippen LogP contribution in [0.5, 0.6) is 17.2 Å². The Labute approximate surface area is 311 Å². The van der Waals surface area contributed by atoms with Crippen molar-refractivity contribution in [2.24, 2.45) is 0 Å². The number of β-amino-alcohol motifs (C(OH)–C–C–N with tert-alkyl or cyclic N) is 1. The van der Waals surface area contributed by atoms with Crippen molar-refractivity contribution in [3.8, 4) is 34.4 Å². The summed E-state index contributed by atoms with van der Waals surface area (Å²) in [6.07, 6.45) is 7.67. The first-order chi connectivity index (χ1) is 25.3. The number of nitrogens with zero attached hydrogens (tertiary/aromatic N) is 4. The van der Waals surface area contributed by atoms with Crippen LogP contribution in [0, 0.1) is 18.3 Å². The fourth-order valence-electron chi connectivity index (χ4n) is 7.73. The maximum atomic E-state index is 10.1. The van der Waals surface area contributed by atoms with Crippen molar-refractivity contribution in [1.29, 1.82) is 5.26 Å². The number of aliphatic hydroxyl groups is 2. The molecular weight excluding hydrogens is 676 g/mol. The average molecular weight is 723 g/mol. The topological polar surface area (TPSA) is 111 Å². The lowest BCUT2D eigenvalue weighted by Crippen LogP contribution is -2.36. The number of likely N-dealkylation sites (tertiary alicyclic amines) is 2. The van der Waals surface area contributed by atoms with Crippen LogP contribution in [0.4, 0.5) is 0 Å². The zero-order valence-electron chi connectivity index (χ0n) is 29.8. The van der Waals surface area contributed by atoms with Gasteiger partial charge in [-0.05, 0) is 91.5 Å². The lowest BCUT2D eigenvalue weighted by Gasteiger charge is -2.29. The predicted molar refractivity (Wildman–Crippen MR) is 201 cm³/mol. The van der Waals surface area contributed by atoms with Crippen molar-refractivity contribution in [3.63, 3.8) is 0 Å². The maximum Gasteiger partial charge on any atom is 0.142 e. The third-order valence-corrected chi connectivity index (χ3v) is 10.9. The zero-order chi connectivity index (χ0) is 36.0. The van der Waals surface area contributed by atoms with Crippen LogP contribution in [0.25, 0.3) is 11.1 Å². The van der Waals surface area contributed by atoms with Crippen LogP contribution >= 0.6 is 11.6 Å². The molecule has 2 fully saturated rings. The second-order valence-electron chi connectivity index (χ2n) is 14.3. The second kappa shape index (κ2) is 16.7. The summed E-state index contributed by atoms with van der Waals surface area (Å²) in [6.45, 7) is 7.90. The van der Waals surface area contributed by atoms with Crippen molar-refractivity contribution >= 4 is 11.6 Å². The van der Waals surface area contributed by atoms with Gasteiger partial charge in [0.15, 0.2) is 0 Å². The molecule has 1 aliphatic carbocycles. The van der Waals surface area contributed by atoms with Crippen molar-refractivity contribution in [2.45, 2.75) is 76.9 Å². The number of benzene rings is 3. The number of piperidine rings is 1. The minimum absolute atomic E-state index is 0.151. The van der Waals surface area contributed by atoms with E-state index in [1.165, 1.54) is 22.9 Å². The third kappa shape index (κ3) is 8.54. The summed E-state index contributed by atoms with van der Waals surface area (Å²) < 4.78 is 19.4. The summed E-state index contributed by atoms with van der Waals surface area (Å²) in [7, 11) is 0. The van der Waals surface area contributed by atoms with Crippen molar-refractivity contribution in [2.75, 3.05) is 39.3 Å². The van der Waals surface area contributed by atoms with Gasteiger partial charge in [0.25, 0.3) is 0 Å². The smallest absolute Gasteiger partial charge is 0.142 e. The van der Waals surface area contributed by atoms with E-state index in [9.17, 15) is 15.5 Å². The first-order valence-corrected chi connectivity index (χ1v) is 18.8. The summed E-state index contributed by atoms with van der Waals surface area (Å²) in [5, 5.41) is 29.8. The fraction of sp³-hybridized carbons (Fsp3) is 0.429. The van der Waals surface area contributed by atoms with E-state index in [4.69, 9.17) is 25.8 Å². The lowest BCUT2D eigenvalue weighted by molar-refractivity contribution is 0.0800. The van der Waals surface area contributed by atoms with E-state index in [1.54, 1.807) is 12.3 Å². The van der Waals surface area contributed by atoms with Crippen LogP contribution in [0.2, 0.25) is 5.02 Å². The molecular formula is C42H47ClN4O5. The molecule has 0 radical (unpaired) electrons. The molecule has 4 aromatic rings. The van der Waals surface area contributed by atoms with Crippen LogP contribution < -0.4 is 14.2 Å². The number of fused-ring (bicyclic) bond motifs is 1. The minimum Gasteiger partial charge on any atom is -0.493 e. The number of halogens is 1. The normalized spacial score (nSPS) is 19.4. The van der Waals surface area contributed by atoms with Gasteiger partial charge in [0.1, 0.15) is 36.0 Å². The largest absolute Gasteiger partial charge is 0.493 e. The number of aromatic nitrogens is 1. The Morgan fingerprint density at radius 1 is 0.885 bits per heavy atom. The van der Waals surface area contributed by atoms with Crippen LogP contribution in [0.15, 0.2) is 67.0 Å². The highest BCUT2D eigenvalue weighted by Crippen LogP contribution is 2.44. The van der Waals surface area contributed by atoms with Gasteiger partial charge in [-0.25, -0.2) is 0 Å². The van der Waals surface area contributed by atoms with Crippen molar-refractivity contribution in [1.82, 2.24) is 14.8 Å². The van der Waals surface area contributed by atoms with Crippen LogP contribution in [0.3, 0.4) is 0 Å². The number of rotatable bonds is 13. The van der Waals surface area contributed by atoms with Gasteiger partial charge in [-0.15, -0.1) is 0 Å². The molecule has 3 heterocycles. The zero-order valence-corrected chi connectivity index (χ0v) is 30.5. The summed E-state index contributed by atoms with van der Waals surface area (Å²) in [4.78, 5) is 8.79. The standard InChI is InChI=1S/C42H47ClN4O5/c1-28-34(5-3-8-39(28)50-18-4-14-46-15-11-32(48)12-16-46)35-6-2-7-37-36(35)9-10-40(37)52-42-21-41(51-27-30-19-29(22-44)23-45-24-30)31(20-38(42)43)25-47-17-13-33(49)26-47/h2-3,5-8,19-21,23-24,32-33,40,48-49H,4,9-18,25-27H2,1H3/t33-,40-/m0/s1. The van der Waals surface area contributed by atoms with E-state index in [-0.39, 0.29) is 24.9 Å². The molecule has 1 aromatic heterocycles. The lowest BCUT2D eigenvalue weighted by atomic mass is 9.93. The van der Waals surface area contributed by atoms with Crippen molar-refractivity contribution < 1.29 is 24.4 Å². The molecule has 10 heteroatoms. The average Bonchev–Trinajstić information content (AvgIpc) is 3.77. The summed E-state index contributed by atoms with van der Waals surface area (Å²) in [5.74, 6) is 2.12. The number of aliphatic hydroxyl groups excluding tert-OH is 2. The monoisotopic (exact) mass is 722 g/mol. The third-order valence-electron chi connectivity index (χ3n) is 10.6. The highest BCUT2D eigenvalue weighted by atomic mass is 35.5. The number of ether oxygens (including phenoxy) is 3. The highest BCUT2D eigenvalue weighted by Gasteiger charge is 2.29. The van der Waals surface area contributed by atoms with Gasteiger partial charge in [-0.1, -0.05) is 41.9 Å². The van der Waals surface area contributed by atoms with E-state index >= 15 is 0 Å². The number of hydrogen-bond acceptors (Lipinski definition) is 9. The Kier molecular flexibility index (Phi) is 11.6. The molecule has 2 aliphatic heterocycles. The Bertz CT molecular complexity index is 1910. The van der Waals surface area contributed by atoms with E-state index in [0.29, 0.717) is 41.8 Å². The van der Waals surface area contributed by atoms with Gasteiger partial charge in [0.2, 0.25) is 0 Å². The van der Waals surface area contributed by atoms with E-state index < -0.39 is 0 Å². The summed E-state index contributed by atoms with van der Waals surface area (Å²) in [5.41, 5.74) is 8.11. The molecule has 0 bridgehead atoms. The highest BCUT2D eigenvalue weighted by molar-refractivity contribution is 6.32. The van der Waals surface area contributed by atoms with Gasteiger partial charge in [-0.2, -0.15) is 5.26 Å². The van der Waals surface area contributed by atoms with Gasteiger partial charge in [0.05, 0.1) is 29.4 Å². The van der Waals surface area contributed by atoms with E-state index in [2.05, 4.69) is 64.2 Å². The molecule has 2 N–H and O–H groups in total. The first-order valence-electron chi connectivity index (χ1n) is 18.5. The Morgan fingerprint density at radius 2 is 1.67 bits per heavy atom. The second-order valence-corrected chi connectivity index (χ2v) is 14.7. The van der Waals surface area contributed by atoms with Crippen LogP contribution in [0.1, 0.15) is 71.6 Å². The van der Waals surface area contributed by atoms with Crippen LogP contribution in [-0.4, -0.2) is 76.5 Å². The molecule has 0 amide bonds. The van der Waals surface area contributed by atoms with Gasteiger partial charge in [0, 0.05) is 68.9 Å². The molecule has 2 atom stereocenters. The molecule has 0 spiro atoms. The molecule has 0 saturated carbocycles. The first kappa shape index (κ1) is 36.2. The molecule has 3 aliphatic rings. The van der Waals surface area contributed by atoms with Crippen LogP contribution in [-0.2, 0) is 19.6 Å². The molecule has 0 unspecified atom stereocenters. The predicted octanol–water partition coefficient (Wildman–Crippen LogP) is 7.02. The van der Waals surface area contributed by atoms with Crippen molar-refractivity contribution in [3.05, 3.63) is 105 Å². The van der Waals surface area contributed by atoms with Gasteiger partial charge >= 0.3 is 0 Å². The molecule has 7 rings (SSSR count). The molecule has 2 saturated heterocycles. The Morgan fingerprint density at radius 3 is 2.48 bits per heavy atom. The molecule has 9 nitrogen and oxygen atoms in total.